The van der Waals surface area contributed by atoms with Crippen LogP contribution in [-0.2, 0) is 9.47 Å². The second kappa shape index (κ2) is 12.2. The van der Waals surface area contributed by atoms with Crippen molar-refractivity contribution in [3.63, 3.8) is 0 Å². The summed E-state index contributed by atoms with van der Waals surface area (Å²) in [7, 11) is 0. The molecule has 2 aliphatic rings. The third kappa shape index (κ3) is 5.97. The van der Waals surface area contributed by atoms with Gasteiger partial charge in [-0.2, -0.15) is 0 Å². The lowest BCUT2D eigenvalue weighted by atomic mass is 10.0. The number of carbonyl (C=O) groups is 2. The van der Waals surface area contributed by atoms with Crippen molar-refractivity contribution >= 4 is 40.1 Å². The summed E-state index contributed by atoms with van der Waals surface area (Å²) < 4.78 is 11.0. The standard InChI is InChI=1S/C26H31ClN6O5/c27-21-4-1-16(26(36)28-5-6-33-7-9-37-10-8-33)11-19(21)23(35)20-12-29-24-22(20)25(31-15-30-24)32-17-2-3-18(13-34)38-14-17/h1,4,11-12,15,17-18,34H,2-3,5-10,13-14H2,(H,28,36)(H2,29,30,31,32)/t17-,18+/m1/s1. The van der Waals surface area contributed by atoms with Gasteiger partial charge in [0, 0.05) is 43.5 Å². The molecule has 4 heterocycles. The maximum absolute atomic E-state index is 13.7. The highest BCUT2D eigenvalue weighted by molar-refractivity contribution is 6.36. The Bertz CT molecular complexity index is 1290. The first-order valence-electron chi connectivity index (χ1n) is 12.8. The van der Waals surface area contributed by atoms with Crippen molar-refractivity contribution in [1.82, 2.24) is 25.2 Å². The fourth-order valence-corrected chi connectivity index (χ4v) is 4.95. The smallest absolute Gasteiger partial charge is 0.251 e. The molecule has 0 aliphatic carbocycles. The molecule has 2 fully saturated rings. The molecule has 38 heavy (non-hydrogen) atoms. The van der Waals surface area contributed by atoms with Crippen LogP contribution >= 0.6 is 11.6 Å². The van der Waals surface area contributed by atoms with E-state index in [4.69, 9.17) is 21.1 Å². The van der Waals surface area contributed by atoms with E-state index >= 15 is 0 Å². The van der Waals surface area contributed by atoms with E-state index in [0.717, 1.165) is 32.5 Å². The molecule has 0 spiro atoms. The number of fused-ring (bicyclic) bond motifs is 1. The lowest BCUT2D eigenvalue weighted by molar-refractivity contribution is -0.0224. The second-order valence-corrected chi connectivity index (χ2v) is 9.85. The summed E-state index contributed by atoms with van der Waals surface area (Å²) in [4.78, 5) is 40.4. The van der Waals surface area contributed by atoms with E-state index in [1.54, 1.807) is 18.3 Å². The van der Waals surface area contributed by atoms with Crippen LogP contribution in [0.25, 0.3) is 11.0 Å². The fourth-order valence-electron chi connectivity index (χ4n) is 4.75. The van der Waals surface area contributed by atoms with Crippen LogP contribution in [0, 0.1) is 0 Å². The van der Waals surface area contributed by atoms with Gasteiger partial charge in [0.05, 0.1) is 54.5 Å². The van der Waals surface area contributed by atoms with E-state index in [0.29, 0.717) is 54.3 Å². The summed E-state index contributed by atoms with van der Waals surface area (Å²) in [6, 6.07) is 4.67. The minimum atomic E-state index is -0.345. The zero-order valence-electron chi connectivity index (χ0n) is 20.9. The number of ketones is 1. The number of morpholine rings is 1. The number of halogens is 1. The quantitative estimate of drug-likeness (QED) is 0.298. The van der Waals surface area contributed by atoms with Gasteiger partial charge in [0.15, 0.2) is 5.78 Å². The summed E-state index contributed by atoms with van der Waals surface area (Å²) in [6.45, 7) is 4.72. The number of carbonyl (C=O) groups excluding carboxylic acids is 2. The molecule has 0 bridgehead atoms. The van der Waals surface area contributed by atoms with Crippen LogP contribution in [0.3, 0.4) is 0 Å². The molecule has 4 N–H and O–H groups in total. The summed E-state index contributed by atoms with van der Waals surface area (Å²) in [5, 5.41) is 16.4. The van der Waals surface area contributed by atoms with Crippen molar-refractivity contribution < 1.29 is 24.2 Å². The zero-order chi connectivity index (χ0) is 26.5. The molecular formula is C26H31ClN6O5. The van der Waals surface area contributed by atoms with Crippen LogP contribution in [0.15, 0.2) is 30.7 Å². The molecule has 5 rings (SSSR count). The first kappa shape index (κ1) is 26.5. The largest absolute Gasteiger partial charge is 0.394 e. The van der Waals surface area contributed by atoms with Crippen LogP contribution in [0.2, 0.25) is 5.02 Å². The second-order valence-electron chi connectivity index (χ2n) is 9.44. The maximum atomic E-state index is 13.7. The van der Waals surface area contributed by atoms with Crippen LogP contribution in [0.4, 0.5) is 5.82 Å². The molecule has 0 saturated carbocycles. The predicted octanol–water partition coefficient (Wildman–Crippen LogP) is 1.86. The number of ether oxygens (including phenoxy) is 2. The number of amides is 1. The van der Waals surface area contributed by atoms with Gasteiger partial charge in [-0.3, -0.25) is 14.5 Å². The van der Waals surface area contributed by atoms with E-state index in [9.17, 15) is 14.7 Å². The Balaban J connectivity index is 1.32. The highest BCUT2D eigenvalue weighted by Crippen LogP contribution is 2.29. The first-order valence-corrected chi connectivity index (χ1v) is 13.1. The van der Waals surface area contributed by atoms with Crippen molar-refractivity contribution in [3.05, 3.63) is 52.4 Å². The number of rotatable bonds is 9. The fraction of sp³-hybridized carbons (Fsp3) is 0.462. The third-order valence-corrected chi connectivity index (χ3v) is 7.25. The molecule has 1 amide bonds. The van der Waals surface area contributed by atoms with Gasteiger partial charge in [0.2, 0.25) is 0 Å². The molecule has 0 unspecified atom stereocenters. The molecule has 12 heteroatoms. The van der Waals surface area contributed by atoms with Gasteiger partial charge in [-0.1, -0.05) is 11.6 Å². The summed E-state index contributed by atoms with van der Waals surface area (Å²) in [6.07, 6.45) is 4.35. The van der Waals surface area contributed by atoms with Gasteiger partial charge in [-0.15, -0.1) is 0 Å². The Morgan fingerprint density at radius 2 is 2.03 bits per heavy atom. The SMILES string of the molecule is O=C(NCCN1CCOCC1)c1ccc(Cl)c(C(=O)c2c[nH]c3ncnc(N[C@@H]4CC[C@@H](CO)OC4)c23)c1. The van der Waals surface area contributed by atoms with Crippen LogP contribution in [-0.4, -0.2) is 101 Å². The number of nitrogens with one attached hydrogen (secondary N) is 3. The summed E-state index contributed by atoms with van der Waals surface area (Å²) in [5.41, 5.74) is 1.42. The summed E-state index contributed by atoms with van der Waals surface area (Å²) >= 11 is 6.43. The number of H-pyrrole nitrogens is 1. The average Bonchev–Trinajstić information content (AvgIpc) is 3.39. The number of anilines is 1. The van der Waals surface area contributed by atoms with Crippen molar-refractivity contribution in [2.24, 2.45) is 0 Å². The molecule has 2 atom stereocenters. The average molecular weight is 543 g/mol. The third-order valence-electron chi connectivity index (χ3n) is 6.92. The predicted molar refractivity (Wildman–Crippen MR) is 142 cm³/mol. The molecule has 202 valence electrons. The minimum absolute atomic E-state index is 0.00729. The molecule has 2 saturated heterocycles. The van der Waals surface area contributed by atoms with Crippen LogP contribution in [0.5, 0.6) is 0 Å². The Labute approximate surface area is 224 Å². The number of hydrogen-bond acceptors (Lipinski definition) is 9. The monoisotopic (exact) mass is 542 g/mol. The number of nitrogens with zero attached hydrogens (tertiary/aromatic N) is 3. The van der Waals surface area contributed by atoms with Crippen LogP contribution in [0.1, 0.15) is 39.1 Å². The Morgan fingerprint density at radius 3 is 2.79 bits per heavy atom. The van der Waals surface area contributed by atoms with Gasteiger partial charge in [-0.25, -0.2) is 9.97 Å². The van der Waals surface area contributed by atoms with Gasteiger partial charge in [-0.05, 0) is 31.0 Å². The molecule has 3 aromatic rings. The molecule has 2 aliphatic heterocycles. The van der Waals surface area contributed by atoms with E-state index in [1.165, 1.54) is 12.4 Å². The summed E-state index contributed by atoms with van der Waals surface area (Å²) in [5.74, 6) is -0.113. The highest BCUT2D eigenvalue weighted by atomic mass is 35.5. The molecule has 0 radical (unpaired) electrons. The van der Waals surface area contributed by atoms with Gasteiger partial charge in [0.25, 0.3) is 5.91 Å². The molecular weight excluding hydrogens is 512 g/mol. The number of benzene rings is 1. The topological polar surface area (TPSA) is 142 Å². The lowest BCUT2D eigenvalue weighted by Gasteiger charge is -2.29. The lowest BCUT2D eigenvalue weighted by Crippen LogP contribution is -2.41. The highest BCUT2D eigenvalue weighted by Gasteiger charge is 2.25. The number of aliphatic hydroxyl groups excluding tert-OH is 1. The van der Waals surface area contributed by atoms with Crippen molar-refractivity contribution in [3.8, 4) is 0 Å². The molecule has 11 nitrogen and oxygen atoms in total. The first-order chi connectivity index (χ1) is 18.5. The van der Waals surface area contributed by atoms with Crippen molar-refractivity contribution in [2.75, 3.05) is 57.9 Å². The van der Waals surface area contributed by atoms with Crippen LogP contribution < -0.4 is 10.6 Å². The van der Waals surface area contributed by atoms with E-state index in [1.807, 2.05) is 0 Å². The van der Waals surface area contributed by atoms with Gasteiger partial charge in [0.1, 0.15) is 17.8 Å². The minimum Gasteiger partial charge on any atom is -0.394 e. The van der Waals surface area contributed by atoms with Gasteiger partial charge < -0.3 is 30.2 Å². The molecule has 2 aromatic heterocycles. The van der Waals surface area contributed by atoms with E-state index < -0.39 is 0 Å². The normalized spacial score (nSPS) is 20.4. The number of aromatic amines is 1. The van der Waals surface area contributed by atoms with E-state index in [-0.39, 0.29) is 41.0 Å². The van der Waals surface area contributed by atoms with Crippen molar-refractivity contribution in [1.29, 1.82) is 0 Å². The number of hydrogen-bond donors (Lipinski definition) is 4. The number of aliphatic hydroxyl groups is 1. The van der Waals surface area contributed by atoms with Crippen molar-refractivity contribution in [2.45, 2.75) is 25.0 Å². The zero-order valence-corrected chi connectivity index (χ0v) is 21.7. The van der Waals surface area contributed by atoms with E-state index in [2.05, 4.69) is 30.5 Å². The Hall–Kier alpha value is -3.09. The maximum Gasteiger partial charge on any atom is 0.251 e. The number of aromatic nitrogens is 3. The Morgan fingerprint density at radius 1 is 1.18 bits per heavy atom. The molecule has 1 aromatic carbocycles. The van der Waals surface area contributed by atoms with Gasteiger partial charge >= 0.3 is 0 Å². The Kier molecular flexibility index (Phi) is 8.50.